The average Bonchev–Trinajstić information content (AvgIpc) is 3.20. The molecule has 1 aliphatic heterocycles. The van der Waals surface area contributed by atoms with Gasteiger partial charge in [0, 0.05) is 24.7 Å². The number of hydrogen-bond donors (Lipinski definition) is 0. The first-order valence-corrected chi connectivity index (χ1v) is 13.0. The molecule has 33 heavy (non-hydrogen) atoms. The summed E-state index contributed by atoms with van der Waals surface area (Å²) < 4.78 is 2.32. The van der Waals surface area contributed by atoms with E-state index in [0.29, 0.717) is 27.8 Å². The molecule has 0 bridgehead atoms. The van der Waals surface area contributed by atoms with Gasteiger partial charge >= 0.3 is 0 Å². The highest BCUT2D eigenvalue weighted by Crippen LogP contribution is 2.31. The second kappa shape index (κ2) is 9.27. The summed E-state index contributed by atoms with van der Waals surface area (Å²) in [5.41, 5.74) is 2.80. The van der Waals surface area contributed by atoms with Gasteiger partial charge in [-0.25, -0.2) is 9.97 Å². The van der Waals surface area contributed by atoms with Gasteiger partial charge in [0.1, 0.15) is 9.53 Å². The van der Waals surface area contributed by atoms with Crippen LogP contribution >= 0.6 is 23.1 Å². The highest BCUT2D eigenvalue weighted by Gasteiger charge is 2.23. The van der Waals surface area contributed by atoms with Crippen molar-refractivity contribution in [1.82, 2.24) is 19.4 Å². The maximum atomic E-state index is 13.6. The Hall–Kier alpha value is -2.71. The number of likely N-dealkylation sites (tertiary alicyclic amines) is 1. The summed E-state index contributed by atoms with van der Waals surface area (Å²) in [6.07, 6.45) is 3.95. The number of amides is 1. The van der Waals surface area contributed by atoms with E-state index in [1.54, 1.807) is 10.8 Å². The smallest absolute Gasteiger partial charge is 0.272 e. The zero-order chi connectivity index (χ0) is 22.9. The minimum atomic E-state index is -0.0786. The van der Waals surface area contributed by atoms with Crippen molar-refractivity contribution in [3.8, 4) is 0 Å². The topological polar surface area (TPSA) is 68.1 Å². The van der Waals surface area contributed by atoms with E-state index in [0.717, 1.165) is 35.3 Å². The molecule has 4 aromatic rings. The lowest BCUT2D eigenvalue weighted by Gasteiger charge is -2.30. The van der Waals surface area contributed by atoms with Crippen LogP contribution in [0.1, 0.15) is 30.9 Å². The normalized spacial score (nSPS) is 16.5. The molecule has 1 atom stereocenters. The number of rotatable bonds is 5. The van der Waals surface area contributed by atoms with E-state index < -0.39 is 0 Å². The largest absolute Gasteiger partial charge is 0.342 e. The third-order valence-corrected chi connectivity index (χ3v) is 8.17. The van der Waals surface area contributed by atoms with Crippen LogP contribution in [0.3, 0.4) is 0 Å². The molecule has 1 amide bonds. The molecule has 8 heteroatoms. The van der Waals surface area contributed by atoms with Crippen molar-refractivity contribution >= 4 is 49.4 Å². The SMILES string of the molecule is Cc1ccc(Cn2c(SCC(=O)N3CCC[C@H](C)C3)nc3c(sc4ncccc43)c2=O)cc1. The summed E-state index contributed by atoms with van der Waals surface area (Å²) in [6.45, 7) is 6.27. The third-order valence-electron chi connectivity index (χ3n) is 6.11. The van der Waals surface area contributed by atoms with Crippen LogP contribution in [0.5, 0.6) is 0 Å². The van der Waals surface area contributed by atoms with E-state index in [9.17, 15) is 9.59 Å². The van der Waals surface area contributed by atoms with Crippen molar-refractivity contribution < 1.29 is 4.79 Å². The van der Waals surface area contributed by atoms with E-state index in [-0.39, 0.29) is 17.2 Å². The van der Waals surface area contributed by atoms with Crippen molar-refractivity contribution in [2.75, 3.05) is 18.8 Å². The van der Waals surface area contributed by atoms with Gasteiger partial charge < -0.3 is 4.90 Å². The first-order valence-electron chi connectivity index (χ1n) is 11.2. The molecule has 3 aromatic heterocycles. The lowest BCUT2D eigenvalue weighted by atomic mass is 10.0. The lowest BCUT2D eigenvalue weighted by molar-refractivity contribution is -0.130. The number of pyridine rings is 1. The monoisotopic (exact) mass is 478 g/mol. The van der Waals surface area contributed by atoms with Crippen LogP contribution in [0.2, 0.25) is 0 Å². The molecule has 1 aliphatic rings. The number of nitrogens with zero attached hydrogens (tertiary/aromatic N) is 4. The molecule has 1 saturated heterocycles. The standard InChI is InChI=1S/C25H26N4O2S2/c1-16-7-9-18(10-8-16)14-29-24(31)22-21(19-6-3-11-26-23(19)33-22)27-25(29)32-15-20(30)28-12-4-5-17(2)13-28/h3,6-11,17H,4-5,12-15H2,1-2H3/t17-/m0/s1. The molecule has 5 rings (SSSR count). The number of thiophene rings is 1. The molecule has 170 valence electrons. The summed E-state index contributed by atoms with van der Waals surface area (Å²) >= 11 is 2.74. The van der Waals surface area contributed by atoms with Gasteiger partial charge in [-0.15, -0.1) is 11.3 Å². The van der Waals surface area contributed by atoms with E-state index in [2.05, 4.69) is 11.9 Å². The summed E-state index contributed by atoms with van der Waals surface area (Å²) in [6, 6.07) is 12.0. The number of carbonyl (C=O) groups excluding carboxylic acids is 1. The second-order valence-corrected chi connectivity index (χ2v) is 10.7. The Kier molecular flexibility index (Phi) is 6.21. The van der Waals surface area contributed by atoms with Crippen molar-refractivity contribution in [3.63, 3.8) is 0 Å². The predicted molar refractivity (Wildman–Crippen MR) is 135 cm³/mol. The lowest BCUT2D eigenvalue weighted by Crippen LogP contribution is -2.40. The number of fused-ring (bicyclic) bond motifs is 3. The quantitative estimate of drug-likeness (QED) is 0.307. The number of benzene rings is 1. The van der Waals surface area contributed by atoms with E-state index >= 15 is 0 Å². The number of aryl methyl sites for hydroxylation is 1. The Morgan fingerprint density at radius 2 is 2.06 bits per heavy atom. The number of piperidine rings is 1. The van der Waals surface area contributed by atoms with Crippen molar-refractivity contribution in [2.45, 2.75) is 38.4 Å². The molecule has 0 unspecified atom stereocenters. The number of aromatic nitrogens is 3. The molecule has 4 heterocycles. The fourth-order valence-corrected chi connectivity index (χ4v) is 6.23. The molecular formula is C25H26N4O2S2. The van der Waals surface area contributed by atoms with Gasteiger partial charge in [0.25, 0.3) is 5.56 Å². The van der Waals surface area contributed by atoms with Crippen LogP contribution in [0.15, 0.2) is 52.5 Å². The van der Waals surface area contributed by atoms with E-state index in [1.807, 2.05) is 48.2 Å². The summed E-state index contributed by atoms with van der Waals surface area (Å²) in [4.78, 5) is 38.6. The Morgan fingerprint density at radius 3 is 2.85 bits per heavy atom. The summed E-state index contributed by atoms with van der Waals surface area (Å²) in [5.74, 6) is 0.921. The molecule has 0 aliphatic carbocycles. The highest BCUT2D eigenvalue weighted by molar-refractivity contribution is 7.99. The first-order chi connectivity index (χ1) is 16.0. The minimum absolute atomic E-state index is 0.0786. The molecule has 0 spiro atoms. The van der Waals surface area contributed by atoms with Crippen LogP contribution in [0.4, 0.5) is 0 Å². The molecule has 0 N–H and O–H groups in total. The van der Waals surface area contributed by atoms with Crippen LogP contribution in [-0.4, -0.2) is 44.2 Å². The zero-order valence-corrected chi connectivity index (χ0v) is 20.4. The zero-order valence-electron chi connectivity index (χ0n) is 18.8. The molecule has 6 nitrogen and oxygen atoms in total. The van der Waals surface area contributed by atoms with Gasteiger partial charge in [-0.1, -0.05) is 48.5 Å². The Morgan fingerprint density at radius 1 is 1.24 bits per heavy atom. The van der Waals surface area contributed by atoms with Crippen LogP contribution in [-0.2, 0) is 11.3 Å². The van der Waals surface area contributed by atoms with Gasteiger partial charge in [0.2, 0.25) is 5.91 Å². The molecule has 0 radical (unpaired) electrons. The average molecular weight is 479 g/mol. The first kappa shape index (κ1) is 22.1. The Balaban J connectivity index is 1.52. The number of hydrogen-bond acceptors (Lipinski definition) is 6. The van der Waals surface area contributed by atoms with E-state index in [1.165, 1.54) is 35.1 Å². The molecule has 0 saturated carbocycles. The highest BCUT2D eigenvalue weighted by atomic mass is 32.2. The molecular weight excluding hydrogens is 452 g/mol. The van der Waals surface area contributed by atoms with Gasteiger partial charge in [-0.2, -0.15) is 0 Å². The van der Waals surface area contributed by atoms with Crippen LogP contribution in [0, 0.1) is 12.8 Å². The van der Waals surface area contributed by atoms with Crippen LogP contribution < -0.4 is 5.56 Å². The summed E-state index contributed by atoms with van der Waals surface area (Å²) in [5, 5.41) is 1.46. The maximum absolute atomic E-state index is 13.6. The molecule has 1 fully saturated rings. The predicted octanol–water partition coefficient (Wildman–Crippen LogP) is 4.71. The number of thioether (sulfide) groups is 1. The minimum Gasteiger partial charge on any atom is -0.342 e. The Bertz CT molecular complexity index is 1380. The van der Waals surface area contributed by atoms with Gasteiger partial charge in [-0.3, -0.25) is 14.2 Å². The molecule has 1 aromatic carbocycles. The third kappa shape index (κ3) is 4.54. The van der Waals surface area contributed by atoms with Gasteiger partial charge in [0.05, 0.1) is 17.8 Å². The van der Waals surface area contributed by atoms with E-state index in [4.69, 9.17) is 4.98 Å². The van der Waals surface area contributed by atoms with Gasteiger partial charge in [0.15, 0.2) is 5.16 Å². The number of carbonyl (C=O) groups is 1. The van der Waals surface area contributed by atoms with Crippen molar-refractivity contribution in [3.05, 3.63) is 64.1 Å². The second-order valence-electron chi connectivity index (χ2n) is 8.78. The fraction of sp³-hybridized carbons (Fsp3) is 0.360. The van der Waals surface area contributed by atoms with Gasteiger partial charge in [-0.05, 0) is 43.4 Å². The summed E-state index contributed by atoms with van der Waals surface area (Å²) in [7, 11) is 0. The van der Waals surface area contributed by atoms with Crippen molar-refractivity contribution in [1.29, 1.82) is 0 Å². The maximum Gasteiger partial charge on any atom is 0.272 e. The fourth-order valence-electron chi connectivity index (χ4n) is 4.30. The van der Waals surface area contributed by atoms with Crippen molar-refractivity contribution in [2.24, 2.45) is 5.92 Å². The van der Waals surface area contributed by atoms with Crippen LogP contribution in [0.25, 0.3) is 20.4 Å². The Labute approximate surface area is 200 Å².